The number of carbonyl (C=O) groups is 2. The highest BCUT2D eigenvalue weighted by molar-refractivity contribution is 5.82. The third-order valence-corrected chi connectivity index (χ3v) is 5.69. The van der Waals surface area contributed by atoms with Gasteiger partial charge in [-0.3, -0.25) is 14.5 Å². The van der Waals surface area contributed by atoms with E-state index in [-0.39, 0.29) is 30.3 Å². The molecule has 1 aromatic heterocycles. The van der Waals surface area contributed by atoms with Crippen LogP contribution >= 0.6 is 0 Å². The summed E-state index contributed by atoms with van der Waals surface area (Å²) in [6.45, 7) is 9.39. The molecule has 7 nitrogen and oxygen atoms in total. The summed E-state index contributed by atoms with van der Waals surface area (Å²) in [4.78, 5) is 29.0. The van der Waals surface area contributed by atoms with Crippen molar-refractivity contribution in [1.82, 2.24) is 20.3 Å². The van der Waals surface area contributed by atoms with Crippen LogP contribution in [0.1, 0.15) is 35.1 Å². The molecule has 0 spiro atoms. The average Bonchev–Trinajstić information content (AvgIpc) is 2.99. The van der Waals surface area contributed by atoms with E-state index in [4.69, 9.17) is 4.52 Å². The lowest BCUT2D eigenvalue weighted by molar-refractivity contribution is -0.142. The van der Waals surface area contributed by atoms with Gasteiger partial charge in [0.25, 0.3) is 0 Å². The molecule has 1 aliphatic heterocycles. The predicted molar refractivity (Wildman–Crippen MR) is 110 cm³/mol. The SMILES string of the molecule is Cc1cccc(CN2[C@H](CNC(=O)Cc3c(C)noc3C)CN(C)C(=O)[C@@H]2C)c1. The number of aryl methyl sites for hydroxylation is 3. The van der Waals surface area contributed by atoms with Crippen molar-refractivity contribution in [3.8, 4) is 0 Å². The fourth-order valence-corrected chi connectivity index (χ4v) is 3.97. The van der Waals surface area contributed by atoms with E-state index in [1.807, 2.05) is 33.9 Å². The Kier molecular flexibility index (Phi) is 6.37. The van der Waals surface area contributed by atoms with Gasteiger partial charge in [-0.15, -0.1) is 0 Å². The smallest absolute Gasteiger partial charge is 0.239 e. The van der Waals surface area contributed by atoms with Crippen molar-refractivity contribution in [3.63, 3.8) is 0 Å². The van der Waals surface area contributed by atoms with Crippen LogP contribution in [0.5, 0.6) is 0 Å². The summed E-state index contributed by atoms with van der Waals surface area (Å²) in [5.41, 5.74) is 3.94. The maximum atomic E-state index is 12.5. The molecule has 2 amide bonds. The molecule has 0 radical (unpaired) electrons. The first kappa shape index (κ1) is 21.0. The van der Waals surface area contributed by atoms with Crippen LogP contribution in [0.15, 0.2) is 28.8 Å². The van der Waals surface area contributed by atoms with E-state index in [1.54, 1.807) is 4.90 Å². The molecule has 1 fully saturated rings. The molecule has 29 heavy (non-hydrogen) atoms. The van der Waals surface area contributed by atoms with Gasteiger partial charge in [0.1, 0.15) is 5.76 Å². The lowest BCUT2D eigenvalue weighted by Gasteiger charge is -2.44. The van der Waals surface area contributed by atoms with Crippen molar-refractivity contribution in [2.24, 2.45) is 0 Å². The Hall–Kier alpha value is -2.67. The Morgan fingerprint density at radius 1 is 1.31 bits per heavy atom. The van der Waals surface area contributed by atoms with Gasteiger partial charge in [-0.25, -0.2) is 0 Å². The van der Waals surface area contributed by atoms with Crippen LogP contribution in [0.4, 0.5) is 0 Å². The van der Waals surface area contributed by atoms with E-state index in [2.05, 4.69) is 40.5 Å². The zero-order valence-corrected chi connectivity index (χ0v) is 17.9. The molecular weight excluding hydrogens is 368 g/mol. The monoisotopic (exact) mass is 398 g/mol. The zero-order valence-electron chi connectivity index (χ0n) is 17.9. The number of nitrogens with one attached hydrogen (secondary N) is 1. The third kappa shape index (κ3) is 4.85. The summed E-state index contributed by atoms with van der Waals surface area (Å²) in [7, 11) is 1.82. The summed E-state index contributed by atoms with van der Waals surface area (Å²) in [6, 6.07) is 8.13. The van der Waals surface area contributed by atoms with Crippen molar-refractivity contribution < 1.29 is 14.1 Å². The number of aromatic nitrogens is 1. The summed E-state index contributed by atoms with van der Waals surface area (Å²) in [6.07, 6.45) is 0.246. The molecular formula is C22H30N4O3. The maximum Gasteiger partial charge on any atom is 0.239 e. The summed E-state index contributed by atoms with van der Waals surface area (Å²) in [5, 5.41) is 6.95. The van der Waals surface area contributed by atoms with Gasteiger partial charge in [0.2, 0.25) is 11.8 Å². The summed E-state index contributed by atoms with van der Waals surface area (Å²) >= 11 is 0. The Morgan fingerprint density at radius 2 is 2.07 bits per heavy atom. The van der Waals surface area contributed by atoms with Crippen LogP contribution in [0.25, 0.3) is 0 Å². The first-order valence-electron chi connectivity index (χ1n) is 10.0. The zero-order chi connectivity index (χ0) is 21.1. The van der Waals surface area contributed by atoms with E-state index in [0.717, 1.165) is 11.3 Å². The van der Waals surface area contributed by atoms with Gasteiger partial charge in [-0.1, -0.05) is 35.0 Å². The number of piperazine rings is 1. The van der Waals surface area contributed by atoms with E-state index in [1.165, 1.54) is 11.1 Å². The van der Waals surface area contributed by atoms with E-state index in [0.29, 0.717) is 25.4 Å². The third-order valence-electron chi connectivity index (χ3n) is 5.69. The molecule has 1 aliphatic rings. The van der Waals surface area contributed by atoms with Crippen molar-refractivity contribution >= 4 is 11.8 Å². The highest BCUT2D eigenvalue weighted by atomic mass is 16.5. The first-order chi connectivity index (χ1) is 13.8. The van der Waals surface area contributed by atoms with E-state index in [9.17, 15) is 9.59 Å². The second kappa shape index (κ2) is 8.78. The fourth-order valence-electron chi connectivity index (χ4n) is 3.97. The van der Waals surface area contributed by atoms with Gasteiger partial charge in [0.05, 0.1) is 18.2 Å². The lowest BCUT2D eigenvalue weighted by atomic mass is 10.0. The van der Waals surface area contributed by atoms with Crippen LogP contribution in [0.3, 0.4) is 0 Å². The highest BCUT2D eigenvalue weighted by Crippen LogP contribution is 2.20. The minimum atomic E-state index is -0.237. The second-order valence-corrected chi connectivity index (χ2v) is 7.99. The normalized spacial score (nSPS) is 20.2. The molecule has 0 unspecified atom stereocenters. The van der Waals surface area contributed by atoms with Gasteiger partial charge < -0.3 is 14.7 Å². The number of likely N-dealkylation sites (N-methyl/N-ethyl adjacent to an activating group) is 1. The van der Waals surface area contributed by atoms with E-state index >= 15 is 0 Å². The molecule has 3 rings (SSSR count). The van der Waals surface area contributed by atoms with Gasteiger partial charge >= 0.3 is 0 Å². The van der Waals surface area contributed by atoms with Crippen LogP contribution in [0.2, 0.25) is 0 Å². The molecule has 2 aromatic rings. The summed E-state index contributed by atoms with van der Waals surface area (Å²) < 4.78 is 5.14. The molecule has 2 heterocycles. The van der Waals surface area contributed by atoms with Gasteiger partial charge in [0, 0.05) is 38.3 Å². The molecule has 1 aromatic carbocycles. The van der Waals surface area contributed by atoms with Gasteiger partial charge in [-0.05, 0) is 33.3 Å². The molecule has 1 saturated heterocycles. The van der Waals surface area contributed by atoms with Crippen LogP contribution < -0.4 is 5.32 Å². The first-order valence-corrected chi connectivity index (χ1v) is 10.0. The van der Waals surface area contributed by atoms with Crippen LogP contribution in [-0.2, 0) is 22.6 Å². The quantitative estimate of drug-likeness (QED) is 0.805. The Labute approximate surface area is 172 Å². The molecule has 0 saturated carbocycles. The minimum Gasteiger partial charge on any atom is -0.361 e. The lowest BCUT2D eigenvalue weighted by Crippen LogP contribution is -2.62. The number of benzene rings is 1. The number of hydrogen-bond acceptors (Lipinski definition) is 5. The largest absolute Gasteiger partial charge is 0.361 e. The molecule has 2 atom stereocenters. The Bertz CT molecular complexity index is 872. The molecule has 7 heteroatoms. The number of hydrogen-bond donors (Lipinski definition) is 1. The van der Waals surface area contributed by atoms with Crippen LogP contribution in [-0.4, -0.2) is 59.0 Å². The Morgan fingerprint density at radius 3 is 2.72 bits per heavy atom. The van der Waals surface area contributed by atoms with Gasteiger partial charge in [0.15, 0.2) is 0 Å². The highest BCUT2D eigenvalue weighted by Gasteiger charge is 2.36. The molecule has 1 N–H and O–H groups in total. The number of nitrogens with zero attached hydrogens (tertiary/aromatic N) is 3. The molecule has 156 valence electrons. The minimum absolute atomic E-state index is 0.0434. The number of rotatable bonds is 6. The van der Waals surface area contributed by atoms with Crippen molar-refractivity contribution in [2.45, 2.75) is 52.7 Å². The number of amides is 2. The topological polar surface area (TPSA) is 78.7 Å². The van der Waals surface area contributed by atoms with Gasteiger partial charge in [-0.2, -0.15) is 0 Å². The van der Waals surface area contributed by atoms with E-state index < -0.39 is 0 Å². The van der Waals surface area contributed by atoms with Crippen molar-refractivity contribution in [1.29, 1.82) is 0 Å². The molecule has 0 aliphatic carbocycles. The van der Waals surface area contributed by atoms with Crippen LogP contribution in [0, 0.1) is 20.8 Å². The summed E-state index contributed by atoms with van der Waals surface area (Å²) in [5.74, 6) is 0.716. The predicted octanol–water partition coefficient (Wildman–Crippen LogP) is 1.99. The standard InChI is InChI=1S/C22H30N4O3/c1-14-7-6-8-18(9-14)12-26-16(3)22(28)25(5)13-19(26)11-23-21(27)10-20-15(2)24-29-17(20)4/h6-9,16,19H,10-13H2,1-5H3,(H,23,27)/t16-,19+/m0/s1. The second-order valence-electron chi connectivity index (χ2n) is 7.99. The van der Waals surface area contributed by atoms with Crippen molar-refractivity contribution in [3.05, 3.63) is 52.4 Å². The number of carbonyl (C=O) groups excluding carboxylic acids is 2. The molecule has 0 bridgehead atoms. The van der Waals surface area contributed by atoms with Crippen molar-refractivity contribution in [2.75, 3.05) is 20.1 Å². The fraction of sp³-hybridized carbons (Fsp3) is 0.500. The average molecular weight is 399 g/mol. The Balaban J connectivity index is 1.68. The maximum absolute atomic E-state index is 12.5.